The predicted molar refractivity (Wildman–Crippen MR) is 134 cm³/mol. The SMILES string of the molecule is Cc1ccc(S(=O)(=O)N2CCC(C(=O)Nc3ccc(-c4noc(C(C)(C)C)n4)cc3)CC2)c(C)c1. The molecule has 0 radical (unpaired) electrons. The average molecular weight is 497 g/mol. The van der Waals surface area contributed by atoms with Crippen molar-refractivity contribution in [3.05, 3.63) is 59.5 Å². The standard InChI is InChI=1S/C26H32N4O4S/c1-17-6-11-22(18(2)16-17)35(32,33)30-14-12-20(13-15-30)24(31)27-21-9-7-19(8-10-21)23-28-25(34-29-23)26(3,4)5/h6-11,16,20H,12-15H2,1-5H3,(H,27,31). The lowest BCUT2D eigenvalue weighted by Gasteiger charge is -2.31. The number of nitrogens with zero attached hydrogens (tertiary/aromatic N) is 3. The minimum Gasteiger partial charge on any atom is -0.338 e. The van der Waals surface area contributed by atoms with E-state index in [2.05, 4.69) is 15.5 Å². The van der Waals surface area contributed by atoms with Gasteiger partial charge >= 0.3 is 0 Å². The fourth-order valence-corrected chi connectivity index (χ4v) is 5.85. The van der Waals surface area contributed by atoms with Gasteiger partial charge in [0.05, 0.1) is 4.90 Å². The monoisotopic (exact) mass is 496 g/mol. The molecule has 186 valence electrons. The van der Waals surface area contributed by atoms with E-state index in [9.17, 15) is 13.2 Å². The molecule has 1 fully saturated rings. The first-order valence-electron chi connectivity index (χ1n) is 11.8. The zero-order chi connectivity index (χ0) is 25.4. The molecule has 0 bridgehead atoms. The van der Waals surface area contributed by atoms with Crippen molar-refractivity contribution in [3.8, 4) is 11.4 Å². The second kappa shape index (κ2) is 9.54. The van der Waals surface area contributed by atoms with Crippen LogP contribution in [0.4, 0.5) is 5.69 Å². The minimum atomic E-state index is -3.57. The number of carbonyl (C=O) groups excluding carboxylic acids is 1. The minimum absolute atomic E-state index is 0.101. The van der Waals surface area contributed by atoms with E-state index in [4.69, 9.17) is 4.52 Å². The normalized spacial score (nSPS) is 15.8. The Morgan fingerprint density at radius 2 is 1.71 bits per heavy atom. The van der Waals surface area contributed by atoms with Crippen LogP contribution in [-0.2, 0) is 20.2 Å². The van der Waals surface area contributed by atoms with Crippen LogP contribution < -0.4 is 5.32 Å². The van der Waals surface area contributed by atoms with Gasteiger partial charge < -0.3 is 9.84 Å². The number of benzene rings is 2. The molecule has 1 aromatic heterocycles. The number of anilines is 1. The van der Waals surface area contributed by atoms with E-state index in [1.807, 2.05) is 58.9 Å². The zero-order valence-corrected chi connectivity index (χ0v) is 21.6. The molecule has 2 heterocycles. The van der Waals surface area contributed by atoms with Crippen molar-refractivity contribution in [1.29, 1.82) is 0 Å². The molecular formula is C26H32N4O4S. The second-order valence-corrected chi connectivity index (χ2v) is 12.1. The Bertz CT molecular complexity index is 1320. The van der Waals surface area contributed by atoms with Gasteiger partial charge in [-0.2, -0.15) is 9.29 Å². The Hall–Kier alpha value is -3.04. The van der Waals surface area contributed by atoms with Gasteiger partial charge in [-0.25, -0.2) is 8.42 Å². The van der Waals surface area contributed by atoms with E-state index in [0.717, 1.165) is 16.7 Å². The van der Waals surface area contributed by atoms with Crippen LogP contribution in [0.25, 0.3) is 11.4 Å². The summed E-state index contributed by atoms with van der Waals surface area (Å²) in [5.41, 5.74) is 3.00. The largest absolute Gasteiger partial charge is 0.338 e. The van der Waals surface area contributed by atoms with Crippen molar-refractivity contribution in [2.45, 2.75) is 57.8 Å². The van der Waals surface area contributed by atoms with E-state index in [0.29, 0.717) is 48.2 Å². The van der Waals surface area contributed by atoms with Crippen molar-refractivity contribution in [2.24, 2.45) is 5.92 Å². The highest BCUT2D eigenvalue weighted by atomic mass is 32.2. The van der Waals surface area contributed by atoms with E-state index in [1.165, 1.54) is 4.31 Å². The maximum absolute atomic E-state index is 13.1. The quantitative estimate of drug-likeness (QED) is 0.549. The number of amides is 1. The number of sulfonamides is 1. The van der Waals surface area contributed by atoms with Gasteiger partial charge in [-0.1, -0.05) is 43.6 Å². The van der Waals surface area contributed by atoms with Gasteiger partial charge in [-0.3, -0.25) is 4.79 Å². The molecule has 0 spiro atoms. The summed E-state index contributed by atoms with van der Waals surface area (Å²) in [5.74, 6) is 0.726. The Balaban J connectivity index is 1.35. The van der Waals surface area contributed by atoms with Crippen LogP contribution in [-0.4, -0.2) is 41.9 Å². The number of aryl methyl sites for hydroxylation is 2. The number of rotatable bonds is 5. The highest BCUT2D eigenvalue weighted by molar-refractivity contribution is 7.89. The molecule has 3 aromatic rings. The molecular weight excluding hydrogens is 464 g/mol. The molecule has 1 amide bonds. The summed E-state index contributed by atoms with van der Waals surface area (Å²) in [6.45, 7) is 10.4. The number of hydrogen-bond donors (Lipinski definition) is 1. The van der Waals surface area contributed by atoms with Crippen LogP contribution in [0.15, 0.2) is 51.9 Å². The highest BCUT2D eigenvalue weighted by Gasteiger charge is 2.33. The molecule has 4 rings (SSSR count). The third-order valence-corrected chi connectivity index (χ3v) is 8.31. The maximum Gasteiger partial charge on any atom is 0.243 e. The van der Waals surface area contributed by atoms with Gasteiger partial charge in [0.1, 0.15) is 0 Å². The molecule has 1 aliphatic heterocycles. The van der Waals surface area contributed by atoms with Crippen molar-refractivity contribution >= 4 is 21.6 Å². The Labute approximate surface area is 206 Å². The number of aromatic nitrogens is 2. The number of piperidine rings is 1. The smallest absolute Gasteiger partial charge is 0.243 e. The number of nitrogens with one attached hydrogen (secondary N) is 1. The average Bonchev–Trinajstić information content (AvgIpc) is 3.30. The van der Waals surface area contributed by atoms with Crippen LogP contribution >= 0.6 is 0 Å². The van der Waals surface area contributed by atoms with Gasteiger partial charge in [0.2, 0.25) is 27.6 Å². The van der Waals surface area contributed by atoms with E-state index in [-0.39, 0.29) is 17.2 Å². The Kier molecular flexibility index (Phi) is 6.83. The summed E-state index contributed by atoms with van der Waals surface area (Å²) >= 11 is 0. The number of hydrogen-bond acceptors (Lipinski definition) is 6. The molecule has 0 unspecified atom stereocenters. The second-order valence-electron chi connectivity index (χ2n) is 10.2. The molecule has 1 N–H and O–H groups in total. The van der Waals surface area contributed by atoms with Crippen LogP contribution in [0.2, 0.25) is 0 Å². The van der Waals surface area contributed by atoms with Gasteiger partial charge in [0, 0.05) is 35.7 Å². The first kappa shape index (κ1) is 25.1. The van der Waals surface area contributed by atoms with E-state index < -0.39 is 10.0 Å². The third kappa shape index (κ3) is 5.46. The summed E-state index contributed by atoms with van der Waals surface area (Å²) < 4.78 is 33.0. The molecule has 0 saturated carbocycles. The third-order valence-electron chi connectivity index (χ3n) is 6.25. The number of carbonyl (C=O) groups is 1. The van der Waals surface area contributed by atoms with Gasteiger partial charge in [0.15, 0.2) is 0 Å². The van der Waals surface area contributed by atoms with Gasteiger partial charge in [-0.15, -0.1) is 0 Å². The topological polar surface area (TPSA) is 105 Å². The van der Waals surface area contributed by atoms with Crippen molar-refractivity contribution in [1.82, 2.24) is 14.4 Å². The summed E-state index contributed by atoms with van der Waals surface area (Å²) in [6, 6.07) is 12.6. The van der Waals surface area contributed by atoms with Crippen LogP contribution in [0.1, 0.15) is 50.6 Å². The molecule has 9 heteroatoms. The molecule has 1 aliphatic rings. The molecule has 0 atom stereocenters. The van der Waals surface area contributed by atoms with E-state index >= 15 is 0 Å². The summed E-state index contributed by atoms with van der Waals surface area (Å²) in [7, 11) is -3.57. The first-order chi connectivity index (χ1) is 16.4. The Morgan fingerprint density at radius 3 is 2.29 bits per heavy atom. The summed E-state index contributed by atoms with van der Waals surface area (Å²) in [4.78, 5) is 17.6. The lowest BCUT2D eigenvalue weighted by atomic mass is 9.97. The molecule has 1 saturated heterocycles. The lowest BCUT2D eigenvalue weighted by molar-refractivity contribution is -0.120. The van der Waals surface area contributed by atoms with Crippen molar-refractivity contribution in [3.63, 3.8) is 0 Å². The van der Waals surface area contributed by atoms with Gasteiger partial charge in [-0.05, 0) is 62.6 Å². The summed E-state index contributed by atoms with van der Waals surface area (Å²) in [6.07, 6.45) is 0.957. The van der Waals surface area contributed by atoms with Crippen LogP contribution in [0.3, 0.4) is 0 Å². The molecule has 2 aromatic carbocycles. The fourth-order valence-electron chi connectivity index (χ4n) is 4.18. The van der Waals surface area contributed by atoms with Crippen LogP contribution in [0, 0.1) is 19.8 Å². The fraction of sp³-hybridized carbons (Fsp3) is 0.423. The van der Waals surface area contributed by atoms with Crippen molar-refractivity contribution < 1.29 is 17.7 Å². The van der Waals surface area contributed by atoms with Gasteiger partial charge in [0.25, 0.3) is 0 Å². The first-order valence-corrected chi connectivity index (χ1v) is 13.2. The lowest BCUT2D eigenvalue weighted by Crippen LogP contribution is -2.41. The molecule has 0 aliphatic carbocycles. The summed E-state index contributed by atoms with van der Waals surface area (Å²) in [5, 5.41) is 7.00. The predicted octanol–water partition coefficient (Wildman–Crippen LogP) is 4.69. The Morgan fingerprint density at radius 1 is 1.06 bits per heavy atom. The molecule has 8 nitrogen and oxygen atoms in total. The highest BCUT2D eigenvalue weighted by Crippen LogP contribution is 2.28. The zero-order valence-electron chi connectivity index (χ0n) is 20.8. The maximum atomic E-state index is 13.1. The van der Waals surface area contributed by atoms with E-state index in [1.54, 1.807) is 18.2 Å². The van der Waals surface area contributed by atoms with Crippen LogP contribution in [0.5, 0.6) is 0 Å². The molecule has 35 heavy (non-hydrogen) atoms. The van der Waals surface area contributed by atoms with Crippen molar-refractivity contribution in [2.75, 3.05) is 18.4 Å².